The first-order chi connectivity index (χ1) is 12.6. The van der Waals surface area contributed by atoms with E-state index < -0.39 is 0 Å². The largest absolute Gasteiger partial charge is 0.494 e. The molecule has 0 aliphatic rings. The van der Waals surface area contributed by atoms with Gasteiger partial charge in [-0.15, -0.1) is 0 Å². The molecule has 0 saturated carbocycles. The van der Waals surface area contributed by atoms with Crippen LogP contribution in [-0.2, 0) is 6.54 Å². The summed E-state index contributed by atoms with van der Waals surface area (Å²) in [7, 11) is 0. The number of thiazole rings is 1. The number of carbonyl (C=O) groups excluding carboxylic acids is 1. The molecular formula is C19H19BrN2O2S2. The zero-order valence-corrected chi connectivity index (χ0v) is 17.8. The van der Waals surface area contributed by atoms with Crippen LogP contribution in [0, 0.1) is 0 Å². The Morgan fingerprint density at radius 2 is 2.04 bits per heavy atom. The Labute approximate surface area is 169 Å². The summed E-state index contributed by atoms with van der Waals surface area (Å²) in [6.45, 7) is 3.35. The van der Waals surface area contributed by atoms with Crippen LogP contribution in [0.15, 0.2) is 51.9 Å². The normalized spacial score (nSPS) is 11.9. The van der Waals surface area contributed by atoms with Crippen LogP contribution in [0.5, 0.6) is 5.75 Å². The van der Waals surface area contributed by atoms with Gasteiger partial charge in [-0.25, -0.2) is 0 Å². The quantitative estimate of drug-likeness (QED) is 0.532. The number of ether oxygens (including phenoxy) is 1. The molecule has 1 aromatic heterocycles. The molecule has 0 aliphatic heterocycles. The molecule has 0 saturated heterocycles. The average molecular weight is 451 g/mol. The number of aryl methyl sites for hydroxylation is 1. The molecule has 0 spiro atoms. The van der Waals surface area contributed by atoms with Crippen molar-refractivity contribution in [1.82, 2.24) is 4.57 Å². The second-order valence-electron chi connectivity index (χ2n) is 5.52. The molecule has 136 valence electrons. The molecule has 0 aliphatic carbocycles. The number of thioether (sulfide) groups is 1. The highest BCUT2D eigenvalue weighted by Crippen LogP contribution is 2.22. The first-order valence-corrected chi connectivity index (χ1v) is 11.2. The fourth-order valence-electron chi connectivity index (χ4n) is 2.54. The summed E-state index contributed by atoms with van der Waals surface area (Å²) < 4.78 is 9.67. The monoisotopic (exact) mass is 450 g/mol. The van der Waals surface area contributed by atoms with E-state index in [-0.39, 0.29) is 5.91 Å². The molecule has 0 unspecified atom stereocenters. The molecule has 1 amide bonds. The third-order valence-corrected chi connectivity index (χ3v) is 5.90. The van der Waals surface area contributed by atoms with Gasteiger partial charge >= 0.3 is 0 Å². The fraction of sp³-hybridized carbons (Fsp3) is 0.263. The van der Waals surface area contributed by atoms with Gasteiger partial charge in [0.15, 0.2) is 4.80 Å². The van der Waals surface area contributed by atoms with Crippen molar-refractivity contribution in [2.45, 2.75) is 13.5 Å². The van der Waals surface area contributed by atoms with E-state index in [1.165, 1.54) is 11.3 Å². The third-order valence-electron chi connectivity index (χ3n) is 3.77. The molecule has 3 aromatic rings. The molecular weight excluding hydrogens is 432 g/mol. The Balaban J connectivity index is 2.00. The number of fused-ring (bicyclic) bond motifs is 1. The zero-order chi connectivity index (χ0) is 18.5. The van der Waals surface area contributed by atoms with E-state index in [2.05, 4.69) is 43.9 Å². The SMILES string of the molecule is CCOc1ccc(C(=O)N=c2sc3cc(Br)ccc3n2CCSC)cc1. The number of rotatable bonds is 6. The predicted molar refractivity (Wildman–Crippen MR) is 113 cm³/mol. The third kappa shape index (κ3) is 4.39. The van der Waals surface area contributed by atoms with Crippen LogP contribution in [0.1, 0.15) is 17.3 Å². The highest BCUT2D eigenvalue weighted by Gasteiger charge is 2.10. The van der Waals surface area contributed by atoms with Crippen molar-refractivity contribution in [1.29, 1.82) is 0 Å². The minimum absolute atomic E-state index is 0.239. The van der Waals surface area contributed by atoms with Crippen molar-refractivity contribution in [2.75, 3.05) is 18.6 Å². The van der Waals surface area contributed by atoms with Crippen molar-refractivity contribution in [3.05, 3.63) is 57.3 Å². The van der Waals surface area contributed by atoms with E-state index in [0.717, 1.165) is 37.5 Å². The van der Waals surface area contributed by atoms with Crippen LogP contribution >= 0.6 is 39.0 Å². The van der Waals surface area contributed by atoms with Crippen LogP contribution < -0.4 is 9.54 Å². The first kappa shape index (κ1) is 19.2. The van der Waals surface area contributed by atoms with Gasteiger partial charge in [-0.1, -0.05) is 27.3 Å². The van der Waals surface area contributed by atoms with Gasteiger partial charge < -0.3 is 9.30 Å². The predicted octanol–water partition coefficient (Wildman–Crippen LogP) is 4.97. The highest BCUT2D eigenvalue weighted by molar-refractivity contribution is 9.10. The van der Waals surface area contributed by atoms with Gasteiger partial charge in [0.2, 0.25) is 0 Å². The Bertz CT molecular complexity index is 977. The highest BCUT2D eigenvalue weighted by atomic mass is 79.9. The molecule has 0 radical (unpaired) electrons. The average Bonchev–Trinajstić information content (AvgIpc) is 2.96. The van der Waals surface area contributed by atoms with E-state index in [4.69, 9.17) is 4.74 Å². The van der Waals surface area contributed by atoms with E-state index in [1.807, 2.05) is 13.0 Å². The molecule has 4 nitrogen and oxygen atoms in total. The standard InChI is InChI=1S/C19H19BrN2O2S2/c1-3-24-15-7-4-13(5-8-15)18(23)21-19-22(10-11-25-2)16-9-6-14(20)12-17(16)26-19/h4-9,12H,3,10-11H2,1-2H3. The van der Waals surface area contributed by atoms with Crippen molar-refractivity contribution in [3.8, 4) is 5.75 Å². The summed E-state index contributed by atoms with van der Waals surface area (Å²) in [6, 6.07) is 13.3. The van der Waals surface area contributed by atoms with Crippen molar-refractivity contribution in [3.63, 3.8) is 0 Å². The van der Waals surface area contributed by atoms with Gasteiger partial charge in [0.25, 0.3) is 5.91 Å². The number of benzene rings is 2. The molecule has 1 heterocycles. The molecule has 26 heavy (non-hydrogen) atoms. The van der Waals surface area contributed by atoms with Crippen molar-refractivity contribution in [2.24, 2.45) is 4.99 Å². The lowest BCUT2D eigenvalue weighted by atomic mass is 10.2. The minimum atomic E-state index is -0.239. The van der Waals surface area contributed by atoms with E-state index in [9.17, 15) is 4.79 Å². The number of carbonyl (C=O) groups is 1. The maximum absolute atomic E-state index is 12.6. The Morgan fingerprint density at radius 3 is 2.73 bits per heavy atom. The second kappa shape index (κ2) is 8.88. The number of amides is 1. The van der Waals surface area contributed by atoms with Crippen LogP contribution in [0.4, 0.5) is 0 Å². The lowest BCUT2D eigenvalue weighted by molar-refractivity contribution is 0.0998. The zero-order valence-electron chi connectivity index (χ0n) is 14.6. The summed E-state index contributed by atoms with van der Waals surface area (Å²) in [5.74, 6) is 1.48. The number of nitrogens with zero attached hydrogens (tertiary/aromatic N) is 2. The lowest BCUT2D eigenvalue weighted by Crippen LogP contribution is -2.18. The smallest absolute Gasteiger partial charge is 0.279 e. The van der Waals surface area contributed by atoms with Gasteiger partial charge in [0, 0.05) is 22.3 Å². The molecule has 3 rings (SSSR count). The van der Waals surface area contributed by atoms with Crippen LogP contribution in [0.2, 0.25) is 0 Å². The van der Waals surface area contributed by atoms with Crippen LogP contribution in [-0.4, -0.2) is 29.1 Å². The number of halogens is 1. The lowest BCUT2D eigenvalue weighted by Gasteiger charge is -2.04. The fourth-order valence-corrected chi connectivity index (χ4v) is 4.51. The van der Waals surface area contributed by atoms with Gasteiger partial charge in [0.05, 0.1) is 16.8 Å². The van der Waals surface area contributed by atoms with Crippen LogP contribution in [0.3, 0.4) is 0 Å². The maximum atomic E-state index is 12.6. The number of hydrogen-bond donors (Lipinski definition) is 0. The Hall–Kier alpha value is -1.57. The van der Waals surface area contributed by atoms with E-state index in [1.54, 1.807) is 36.0 Å². The maximum Gasteiger partial charge on any atom is 0.279 e. The van der Waals surface area contributed by atoms with Crippen molar-refractivity contribution < 1.29 is 9.53 Å². The summed E-state index contributed by atoms with van der Waals surface area (Å²) >= 11 is 6.82. The summed E-state index contributed by atoms with van der Waals surface area (Å²) in [5.41, 5.74) is 1.66. The number of hydrogen-bond acceptors (Lipinski definition) is 4. The molecule has 0 atom stereocenters. The van der Waals surface area contributed by atoms with Gasteiger partial charge in [0.1, 0.15) is 5.75 Å². The van der Waals surface area contributed by atoms with Gasteiger partial charge in [-0.3, -0.25) is 4.79 Å². The van der Waals surface area contributed by atoms with Crippen molar-refractivity contribution >= 4 is 55.2 Å². The van der Waals surface area contributed by atoms with Crippen LogP contribution in [0.25, 0.3) is 10.2 Å². The molecule has 0 N–H and O–H groups in total. The van der Waals surface area contributed by atoms with Gasteiger partial charge in [-0.05, 0) is 55.6 Å². The summed E-state index contributed by atoms with van der Waals surface area (Å²) in [6.07, 6.45) is 2.08. The summed E-state index contributed by atoms with van der Waals surface area (Å²) in [5, 5.41) is 0. The molecule has 0 bridgehead atoms. The topological polar surface area (TPSA) is 43.6 Å². The van der Waals surface area contributed by atoms with Gasteiger partial charge in [-0.2, -0.15) is 16.8 Å². The molecule has 7 heteroatoms. The number of aromatic nitrogens is 1. The first-order valence-electron chi connectivity index (χ1n) is 8.22. The van der Waals surface area contributed by atoms with E-state index in [0.29, 0.717) is 12.2 Å². The molecule has 0 fully saturated rings. The summed E-state index contributed by atoms with van der Waals surface area (Å²) in [4.78, 5) is 17.8. The Morgan fingerprint density at radius 1 is 1.27 bits per heavy atom. The minimum Gasteiger partial charge on any atom is -0.494 e. The Kier molecular flexibility index (Phi) is 6.56. The van der Waals surface area contributed by atoms with E-state index >= 15 is 0 Å². The molecule has 2 aromatic carbocycles. The second-order valence-corrected chi connectivity index (χ2v) is 8.43.